The summed E-state index contributed by atoms with van der Waals surface area (Å²) in [5.41, 5.74) is 1.57. The second-order valence-corrected chi connectivity index (χ2v) is 4.26. The molecule has 2 rings (SSSR count). The molecule has 4 heteroatoms. The van der Waals surface area contributed by atoms with Crippen LogP contribution in [0.2, 0.25) is 0 Å². The number of hydrogen-bond donors (Lipinski definition) is 0. The van der Waals surface area contributed by atoms with Crippen LogP contribution in [-0.4, -0.2) is 20.4 Å². The van der Waals surface area contributed by atoms with E-state index in [-0.39, 0.29) is 5.41 Å². The molecule has 0 aromatic carbocycles. The van der Waals surface area contributed by atoms with E-state index in [1.54, 1.807) is 6.20 Å². The van der Waals surface area contributed by atoms with Gasteiger partial charge in [0.2, 0.25) is 0 Å². The molecule has 0 aliphatic heterocycles. The highest BCUT2D eigenvalue weighted by molar-refractivity contribution is 5.77. The Balaban J connectivity index is 0.000000606. The van der Waals surface area contributed by atoms with Crippen LogP contribution in [-0.2, 0) is 5.41 Å². The predicted molar refractivity (Wildman–Crippen MR) is 65.2 cm³/mol. The number of fused-ring (bicyclic) bond motifs is 1. The van der Waals surface area contributed by atoms with Crippen LogP contribution in [0.3, 0.4) is 0 Å². The van der Waals surface area contributed by atoms with Crippen molar-refractivity contribution < 1.29 is 0 Å². The molecule has 2 aromatic heterocycles. The molecule has 0 radical (unpaired) electrons. The minimum Gasteiger partial charge on any atom is -0.235 e. The molecular weight excluding hydrogens is 200 g/mol. The summed E-state index contributed by atoms with van der Waals surface area (Å²) in [7, 11) is 0. The van der Waals surface area contributed by atoms with Gasteiger partial charge in [-0.1, -0.05) is 34.6 Å². The Morgan fingerprint density at radius 1 is 1.06 bits per heavy atom. The number of aromatic nitrogens is 4. The lowest BCUT2D eigenvalue weighted by Crippen LogP contribution is -2.15. The zero-order valence-corrected chi connectivity index (χ0v) is 10.5. The van der Waals surface area contributed by atoms with E-state index < -0.39 is 0 Å². The van der Waals surface area contributed by atoms with Crippen molar-refractivity contribution in [2.75, 3.05) is 0 Å². The number of pyridine rings is 1. The summed E-state index contributed by atoms with van der Waals surface area (Å²) in [5, 5.41) is 12.7. The van der Waals surface area contributed by atoms with E-state index in [2.05, 4.69) is 41.2 Å². The highest BCUT2D eigenvalue weighted by atomic mass is 15.3. The third-order valence-corrected chi connectivity index (χ3v) is 2.04. The number of rotatable bonds is 0. The van der Waals surface area contributed by atoms with Gasteiger partial charge in [0.15, 0.2) is 5.65 Å². The summed E-state index contributed by atoms with van der Waals surface area (Å²) in [6.07, 6.45) is 1.71. The minimum absolute atomic E-state index is 0.0305. The van der Waals surface area contributed by atoms with Gasteiger partial charge >= 0.3 is 0 Å². The van der Waals surface area contributed by atoms with Gasteiger partial charge in [0.25, 0.3) is 0 Å². The number of nitrogens with zero attached hydrogens (tertiary/aromatic N) is 4. The molecule has 0 fully saturated rings. The van der Waals surface area contributed by atoms with Crippen LogP contribution in [0.25, 0.3) is 11.0 Å². The van der Waals surface area contributed by atoms with Gasteiger partial charge in [-0.05, 0) is 17.3 Å². The Labute approximate surface area is 96.1 Å². The molecule has 4 nitrogen and oxygen atoms in total. The molecule has 2 aromatic rings. The molecule has 0 saturated heterocycles. The van der Waals surface area contributed by atoms with Gasteiger partial charge in [-0.25, -0.2) is 4.98 Å². The Kier molecular flexibility index (Phi) is 3.88. The van der Waals surface area contributed by atoms with Crippen molar-refractivity contribution in [3.63, 3.8) is 0 Å². The van der Waals surface area contributed by atoms with Crippen molar-refractivity contribution >= 4 is 11.0 Å². The molecule has 2 heterocycles. The zero-order chi connectivity index (χ0) is 12.2. The molecule has 0 amide bonds. The first-order valence-corrected chi connectivity index (χ1v) is 5.53. The second kappa shape index (κ2) is 4.96. The lowest BCUT2D eigenvalue weighted by molar-refractivity contribution is 0.559. The quantitative estimate of drug-likeness (QED) is 0.682. The highest BCUT2D eigenvalue weighted by Gasteiger charge is 2.19. The van der Waals surface area contributed by atoms with E-state index in [1.165, 1.54) is 0 Å². The smallest absolute Gasteiger partial charge is 0.185 e. The molecular formula is C12H18N4. The van der Waals surface area contributed by atoms with Crippen molar-refractivity contribution in [3.05, 3.63) is 24.0 Å². The van der Waals surface area contributed by atoms with Crippen molar-refractivity contribution in [1.82, 2.24) is 20.4 Å². The summed E-state index contributed by atoms with van der Waals surface area (Å²) in [6, 6.07) is 3.87. The molecule has 0 atom stereocenters. The van der Waals surface area contributed by atoms with Crippen LogP contribution in [0.5, 0.6) is 0 Å². The normalized spacial score (nSPS) is 10.8. The molecule has 0 aliphatic rings. The third kappa shape index (κ3) is 2.51. The topological polar surface area (TPSA) is 51.6 Å². The molecule has 0 N–H and O–H groups in total. The Hall–Kier alpha value is -1.58. The Morgan fingerprint density at radius 3 is 2.38 bits per heavy atom. The van der Waals surface area contributed by atoms with E-state index in [4.69, 9.17) is 0 Å². The van der Waals surface area contributed by atoms with Gasteiger partial charge < -0.3 is 0 Å². The lowest BCUT2D eigenvalue weighted by Gasteiger charge is -2.17. The Bertz CT molecular complexity index is 455. The molecule has 0 saturated carbocycles. The Morgan fingerprint density at radius 2 is 1.75 bits per heavy atom. The van der Waals surface area contributed by atoms with Gasteiger partial charge in [0.1, 0.15) is 0 Å². The van der Waals surface area contributed by atoms with Crippen LogP contribution in [0.15, 0.2) is 18.3 Å². The van der Waals surface area contributed by atoms with Crippen molar-refractivity contribution in [3.8, 4) is 0 Å². The SMILES string of the molecule is CC.CC(C)(C)c1nnnc2ncccc12. The van der Waals surface area contributed by atoms with E-state index >= 15 is 0 Å². The van der Waals surface area contributed by atoms with Crippen LogP contribution in [0.1, 0.15) is 40.3 Å². The van der Waals surface area contributed by atoms with E-state index in [9.17, 15) is 0 Å². The van der Waals surface area contributed by atoms with Gasteiger partial charge in [-0.2, -0.15) is 0 Å². The monoisotopic (exact) mass is 218 g/mol. The molecule has 0 aliphatic carbocycles. The van der Waals surface area contributed by atoms with Crippen LogP contribution in [0.4, 0.5) is 0 Å². The molecule has 86 valence electrons. The summed E-state index contributed by atoms with van der Waals surface area (Å²) < 4.78 is 0. The van der Waals surface area contributed by atoms with Gasteiger partial charge in [0.05, 0.1) is 5.69 Å². The lowest BCUT2D eigenvalue weighted by atomic mass is 9.90. The average Bonchev–Trinajstić information content (AvgIpc) is 2.30. The largest absolute Gasteiger partial charge is 0.235 e. The molecule has 16 heavy (non-hydrogen) atoms. The fourth-order valence-corrected chi connectivity index (χ4v) is 1.38. The fraction of sp³-hybridized carbons (Fsp3) is 0.500. The zero-order valence-electron chi connectivity index (χ0n) is 10.5. The summed E-state index contributed by atoms with van der Waals surface area (Å²) in [5.74, 6) is 0. The van der Waals surface area contributed by atoms with E-state index in [1.807, 2.05) is 26.0 Å². The van der Waals surface area contributed by atoms with Crippen molar-refractivity contribution in [2.24, 2.45) is 0 Å². The standard InChI is InChI=1S/C10H12N4.C2H6/c1-10(2,3)8-7-5-4-6-11-9(7)13-14-12-8;1-2/h4-6H,1-3H3;1-2H3. The molecule has 0 unspecified atom stereocenters. The van der Waals surface area contributed by atoms with Crippen LogP contribution < -0.4 is 0 Å². The summed E-state index contributed by atoms with van der Waals surface area (Å²) in [4.78, 5) is 4.14. The van der Waals surface area contributed by atoms with Gasteiger partial charge in [0, 0.05) is 17.0 Å². The second-order valence-electron chi connectivity index (χ2n) is 4.26. The summed E-state index contributed by atoms with van der Waals surface area (Å²) in [6.45, 7) is 10.3. The van der Waals surface area contributed by atoms with Crippen molar-refractivity contribution in [2.45, 2.75) is 40.0 Å². The molecule has 0 spiro atoms. The molecule has 0 bridgehead atoms. The maximum absolute atomic E-state index is 4.14. The first kappa shape index (κ1) is 12.5. The number of hydrogen-bond acceptors (Lipinski definition) is 4. The van der Waals surface area contributed by atoms with E-state index in [0.717, 1.165) is 11.1 Å². The third-order valence-electron chi connectivity index (χ3n) is 2.04. The maximum Gasteiger partial charge on any atom is 0.185 e. The van der Waals surface area contributed by atoms with Crippen molar-refractivity contribution in [1.29, 1.82) is 0 Å². The highest BCUT2D eigenvalue weighted by Crippen LogP contribution is 2.24. The van der Waals surface area contributed by atoms with E-state index in [0.29, 0.717) is 5.65 Å². The van der Waals surface area contributed by atoms with Gasteiger partial charge in [-0.15, -0.1) is 10.2 Å². The first-order valence-electron chi connectivity index (χ1n) is 5.53. The first-order chi connectivity index (χ1) is 7.59. The van der Waals surface area contributed by atoms with Crippen LogP contribution >= 0.6 is 0 Å². The van der Waals surface area contributed by atoms with Crippen LogP contribution in [0, 0.1) is 0 Å². The fourth-order valence-electron chi connectivity index (χ4n) is 1.38. The summed E-state index contributed by atoms with van der Waals surface area (Å²) >= 11 is 0. The average molecular weight is 218 g/mol. The van der Waals surface area contributed by atoms with Gasteiger partial charge in [-0.3, -0.25) is 0 Å². The maximum atomic E-state index is 4.14. The predicted octanol–water partition coefficient (Wildman–Crippen LogP) is 2.74. The minimum atomic E-state index is -0.0305.